The molecule has 0 fully saturated rings. The second-order valence-corrected chi connectivity index (χ2v) is 4.66. The molecular formula is C16H12FN3O. The number of imidazole rings is 1. The van der Waals surface area contributed by atoms with Crippen LogP contribution < -0.4 is 4.74 Å². The van der Waals surface area contributed by atoms with E-state index in [0.717, 1.165) is 11.0 Å². The van der Waals surface area contributed by atoms with Crippen LogP contribution in [0.15, 0.2) is 36.4 Å². The molecule has 0 radical (unpaired) electrons. The molecule has 2 aromatic carbocycles. The molecule has 0 aliphatic heterocycles. The molecule has 3 rings (SSSR count). The first kappa shape index (κ1) is 13.1. The van der Waals surface area contributed by atoms with Gasteiger partial charge in [0, 0.05) is 13.1 Å². The second-order valence-electron chi connectivity index (χ2n) is 4.66. The number of aryl methyl sites for hydroxylation is 1. The number of fused-ring (bicyclic) bond motifs is 1. The fraction of sp³-hybridized carbons (Fsp3) is 0.125. The maximum absolute atomic E-state index is 14.2. The monoisotopic (exact) mass is 281 g/mol. The zero-order valence-electron chi connectivity index (χ0n) is 11.6. The Balaban J connectivity index is 2.21. The van der Waals surface area contributed by atoms with Gasteiger partial charge in [0.25, 0.3) is 0 Å². The van der Waals surface area contributed by atoms with Gasteiger partial charge >= 0.3 is 0 Å². The molecule has 0 saturated carbocycles. The maximum Gasteiger partial charge on any atom is 0.143 e. The van der Waals surface area contributed by atoms with E-state index in [0.29, 0.717) is 22.7 Å². The molecule has 0 bridgehead atoms. The lowest BCUT2D eigenvalue weighted by Gasteiger charge is -2.06. The number of nitriles is 1. The van der Waals surface area contributed by atoms with Crippen LogP contribution in [-0.2, 0) is 7.05 Å². The van der Waals surface area contributed by atoms with E-state index < -0.39 is 5.82 Å². The van der Waals surface area contributed by atoms with Gasteiger partial charge in [0.15, 0.2) is 0 Å². The summed E-state index contributed by atoms with van der Waals surface area (Å²) in [6, 6.07) is 12.0. The van der Waals surface area contributed by atoms with Crippen molar-refractivity contribution in [1.29, 1.82) is 5.26 Å². The highest BCUT2D eigenvalue weighted by Crippen LogP contribution is 2.28. The molecule has 3 aromatic rings. The van der Waals surface area contributed by atoms with Crippen LogP contribution in [0.5, 0.6) is 5.75 Å². The van der Waals surface area contributed by atoms with Gasteiger partial charge < -0.3 is 9.30 Å². The van der Waals surface area contributed by atoms with E-state index in [1.54, 1.807) is 41.9 Å². The normalized spacial score (nSPS) is 10.6. The van der Waals surface area contributed by atoms with E-state index in [2.05, 4.69) is 11.1 Å². The highest BCUT2D eigenvalue weighted by atomic mass is 19.1. The topological polar surface area (TPSA) is 50.8 Å². The zero-order chi connectivity index (χ0) is 15.0. The third-order valence-electron chi connectivity index (χ3n) is 3.43. The molecule has 4 nitrogen and oxygen atoms in total. The maximum atomic E-state index is 14.2. The molecule has 5 heteroatoms. The van der Waals surface area contributed by atoms with Gasteiger partial charge in [-0.2, -0.15) is 5.26 Å². The minimum Gasteiger partial charge on any atom is -0.497 e. The van der Waals surface area contributed by atoms with E-state index >= 15 is 0 Å². The first-order valence-corrected chi connectivity index (χ1v) is 6.34. The minimum absolute atomic E-state index is 0.395. The molecule has 0 aliphatic carbocycles. The standard InChI is InChI=1S/C16H12FN3O/c1-20-15-7-10(9-18)3-6-14(15)19-16(20)12-5-4-11(21-2)8-13(12)17/h3-8H,1-2H3. The molecule has 1 aromatic heterocycles. The van der Waals surface area contributed by atoms with Crippen molar-refractivity contribution in [2.45, 2.75) is 0 Å². The van der Waals surface area contributed by atoms with Gasteiger partial charge in [-0.15, -0.1) is 0 Å². The van der Waals surface area contributed by atoms with Crippen LogP contribution in [0, 0.1) is 17.1 Å². The number of halogens is 1. The van der Waals surface area contributed by atoms with E-state index in [4.69, 9.17) is 10.00 Å². The Labute approximate surface area is 121 Å². The molecule has 0 N–H and O–H groups in total. The predicted octanol–water partition coefficient (Wildman–Crippen LogP) is 3.26. The van der Waals surface area contributed by atoms with Crippen molar-refractivity contribution >= 4 is 11.0 Å². The number of benzene rings is 2. The summed E-state index contributed by atoms with van der Waals surface area (Å²) in [7, 11) is 3.29. The lowest BCUT2D eigenvalue weighted by atomic mass is 10.2. The van der Waals surface area contributed by atoms with E-state index in [-0.39, 0.29) is 0 Å². The summed E-state index contributed by atoms with van der Waals surface area (Å²) in [5.74, 6) is 0.579. The molecule has 1 heterocycles. The van der Waals surface area contributed by atoms with Gasteiger partial charge in [-0.25, -0.2) is 9.37 Å². The largest absolute Gasteiger partial charge is 0.497 e. The molecule has 0 atom stereocenters. The second kappa shape index (κ2) is 4.91. The van der Waals surface area contributed by atoms with E-state index in [1.807, 2.05) is 0 Å². The molecule has 0 unspecified atom stereocenters. The molecular weight excluding hydrogens is 269 g/mol. The summed E-state index contributed by atoms with van der Waals surface area (Å²) in [4.78, 5) is 4.45. The molecule has 0 spiro atoms. The van der Waals surface area contributed by atoms with E-state index in [1.165, 1.54) is 13.2 Å². The Morgan fingerprint density at radius 3 is 2.71 bits per heavy atom. The van der Waals surface area contributed by atoms with Crippen LogP contribution in [0.25, 0.3) is 22.4 Å². The van der Waals surface area contributed by atoms with Crippen molar-refractivity contribution < 1.29 is 9.13 Å². The third kappa shape index (κ3) is 2.11. The number of aromatic nitrogens is 2. The summed E-state index contributed by atoms with van der Waals surface area (Å²) in [5, 5.41) is 8.96. The number of hydrogen-bond acceptors (Lipinski definition) is 3. The van der Waals surface area contributed by atoms with Gasteiger partial charge in [-0.3, -0.25) is 0 Å². The Hall–Kier alpha value is -2.87. The van der Waals surface area contributed by atoms with E-state index in [9.17, 15) is 4.39 Å². The van der Waals surface area contributed by atoms with Crippen molar-refractivity contribution in [1.82, 2.24) is 9.55 Å². The first-order chi connectivity index (χ1) is 10.1. The van der Waals surface area contributed by atoms with Crippen LogP contribution >= 0.6 is 0 Å². The smallest absolute Gasteiger partial charge is 0.143 e. The fourth-order valence-corrected chi connectivity index (χ4v) is 2.30. The molecule has 0 aliphatic rings. The van der Waals surface area contributed by atoms with Gasteiger partial charge in [-0.1, -0.05) is 0 Å². The van der Waals surface area contributed by atoms with Crippen molar-refractivity contribution in [3.63, 3.8) is 0 Å². The summed E-state index contributed by atoms with van der Waals surface area (Å²) < 4.78 is 21.0. The Kier molecular flexibility index (Phi) is 3.07. The van der Waals surface area contributed by atoms with Crippen molar-refractivity contribution in [2.75, 3.05) is 7.11 Å². The quantitative estimate of drug-likeness (QED) is 0.724. The van der Waals surface area contributed by atoms with Crippen molar-refractivity contribution in [2.24, 2.45) is 7.05 Å². The SMILES string of the molecule is COc1ccc(-c2nc3ccc(C#N)cc3n2C)c(F)c1. The minimum atomic E-state index is -0.395. The highest BCUT2D eigenvalue weighted by Gasteiger charge is 2.14. The van der Waals surface area contributed by atoms with Gasteiger partial charge in [-0.05, 0) is 30.3 Å². The van der Waals surface area contributed by atoms with Crippen LogP contribution in [0.2, 0.25) is 0 Å². The zero-order valence-corrected chi connectivity index (χ0v) is 11.6. The Morgan fingerprint density at radius 1 is 1.24 bits per heavy atom. The molecule has 104 valence electrons. The van der Waals surface area contributed by atoms with Gasteiger partial charge in [0.2, 0.25) is 0 Å². The average molecular weight is 281 g/mol. The van der Waals surface area contributed by atoms with Crippen LogP contribution in [0.1, 0.15) is 5.56 Å². The number of hydrogen-bond donors (Lipinski definition) is 0. The third-order valence-corrected chi connectivity index (χ3v) is 3.43. The summed E-state index contributed by atoms with van der Waals surface area (Å²) in [6.45, 7) is 0. The van der Waals surface area contributed by atoms with Crippen LogP contribution in [0.3, 0.4) is 0 Å². The van der Waals surface area contributed by atoms with Crippen LogP contribution in [-0.4, -0.2) is 16.7 Å². The van der Waals surface area contributed by atoms with Gasteiger partial charge in [0.05, 0.1) is 35.3 Å². The molecule has 21 heavy (non-hydrogen) atoms. The van der Waals surface area contributed by atoms with Gasteiger partial charge in [0.1, 0.15) is 17.4 Å². The first-order valence-electron chi connectivity index (χ1n) is 6.34. The fourth-order valence-electron chi connectivity index (χ4n) is 2.30. The Morgan fingerprint density at radius 2 is 2.05 bits per heavy atom. The van der Waals surface area contributed by atoms with Crippen molar-refractivity contribution in [3.8, 4) is 23.2 Å². The lowest BCUT2D eigenvalue weighted by Crippen LogP contribution is -1.96. The Bertz CT molecular complexity index is 877. The highest BCUT2D eigenvalue weighted by molar-refractivity contribution is 5.82. The number of nitrogens with zero attached hydrogens (tertiary/aromatic N) is 3. The number of ether oxygens (including phenoxy) is 1. The molecule has 0 saturated heterocycles. The predicted molar refractivity (Wildman–Crippen MR) is 77.4 cm³/mol. The molecule has 0 amide bonds. The van der Waals surface area contributed by atoms with Crippen molar-refractivity contribution in [3.05, 3.63) is 47.8 Å². The summed E-state index contributed by atoms with van der Waals surface area (Å²) >= 11 is 0. The number of rotatable bonds is 2. The number of methoxy groups -OCH3 is 1. The average Bonchev–Trinajstić information content (AvgIpc) is 2.83. The summed E-state index contributed by atoms with van der Waals surface area (Å²) in [6.07, 6.45) is 0. The lowest BCUT2D eigenvalue weighted by molar-refractivity contribution is 0.411. The van der Waals surface area contributed by atoms with Crippen LogP contribution in [0.4, 0.5) is 4.39 Å². The summed E-state index contributed by atoms with van der Waals surface area (Å²) in [5.41, 5.74) is 2.46.